The lowest BCUT2D eigenvalue weighted by atomic mass is 9.94. The maximum atomic E-state index is 11.8. The Kier molecular flexibility index (Phi) is 8.49. The zero-order valence-electron chi connectivity index (χ0n) is 14.9. The number of nitrogens with zero attached hydrogens (tertiary/aromatic N) is 1. The first-order valence-corrected chi connectivity index (χ1v) is 10.1. The minimum Gasteiger partial charge on any atom is -0.350 e. The molecule has 4 nitrogen and oxygen atoms in total. The number of nitrogens with one attached hydrogen (secondary N) is 2. The first-order chi connectivity index (χ1) is 11.6. The summed E-state index contributed by atoms with van der Waals surface area (Å²) >= 11 is 2.06. The summed E-state index contributed by atoms with van der Waals surface area (Å²) in [5, 5.41) is 3.05. The van der Waals surface area contributed by atoms with E-state index < -0.39 is 0 Å². The highest BCUT2D eigenvalue weighted by molar-refractivity contribution is 14.1. The first-order valence-electron chi connectivity index (χ1n) is 9.06. The van der Waals surface area contributed by atoms with Crippen LogP contribution in [0.1, 0.15) is 56.7 Å². The molecule has 1 aliphatic heterocycles. The van der Waals surface area contributed by atoms with E-state index in [-0.39, 0.29) is 11.9 Å². The van der Waals surface area contributed by atoms with E-state index in [1.54, 1.807) is 0 Å². The van der Waals surface area contributed by atoms with E-state index in [0.717, 1.165) is 12.5 Å². The van der Waals surface area contributed by atoms with Crippen molar-refractivity contribution in [1.82, 2.24) is 13.7 Å². The smallest absolute Gasteiger partial charge is 0.221 e. The summed E-state index contributed by atoms with van der Waals surface area (Å²) in [6.07, 6.45) is 4.51. The summed E-state index contributed by atoms with van der Waals surface area (Å²) in [5.74, 6) is 1.02. The van der Waals surface area contributed by atoms with Crippen LogP contribution in [0.15, 0.2) is 24.3 Å². The SMILES string of the molecule is CCC1CCN(Cc2ccc([C@@H](C)NC(=O)CCNI)cc2)CC1. The normalized spacial score (nSPS) is 17.6. The number of hydrogen-bond acceptors (Lipinski definition) is 3. The highest BCUT2D eigenvalue weighted by Gasteiger charge is 2.17. The van der Waals surface area contributed by atoms with Gasteiger partial charge in [0.15, 0.2) is 0 Å². The fraction of sp³-hybridized carbons (Fsp3) is 0.632. The van der Waals surface area contributed by atoms with Gasteiger partial charge in [0.25, 0.3) is 0 Å². The van der Waals surface area contributed by atoms with Crippen LogP contribution in [0.25, 0.3) is 0 Å². The monoisotopic (exact) mass is 443 g/mol. The van der Waals surface area contributed by atoms with Gasteiger partial charge in [-0.1, -0.05) is 37.6 Å². The van der Waals surface area contributed by atoms with Crippen LogP contribution in [-0.4, -0.2) is 30.4 Å². The van der Waals surface area contributed by atoms with Crippen molar-refractivity contribution in [2.24, 2.45) is 5.92 Å². The van der Waals surface area contributed by atoms with Gasteiger partial charge < -0.3 is 5.32 Å². The number of rotatable bonds is 8. The zero-order chi connectivity index (χ0) is 17.4. The summed E-state index contributed by atoms with van der Waals surface area (Å²) in [7, 11) is 0. The van der Waals surface area contributed by atoms with Crippen LogP contribution >= 0.6 is 22.9 Å². The Morgan fingerprint density at radius 2 is 1.96 bits per heavy atom. The molecule has 5 heteroatoms. The Morgan fingerprint density at radius 3 is 2.54 bits per heavy atom. The number of benzene rings is 1. The summed E-state index contributed by atoms with van der Waals surface area (Å²) in [5.41, 5.74) is 2.53. The fourth-order valence-corrected chi connectivity index (χ4v) is 3.55. The molecule has 1 aromatic rings. The van der Waals surface area contributed by atoms with Crippen molar-refractivity contribution in [3.63, 3.8) is 0 Å². The van der Waals surface area contributed by atoms with Gasteiger partial charge in [-0.2, -0.15) is 0 Å². The quantitative estimate of drug-likeness (QED) is 0.475. The van der Waals surface area contributed by atoms with E-state index in [9.17, 15) is 4.79 Å². The molecule has 0 aliphatic carbocycles. The van der Waals surface area contributed by atoms with Crippen molar-refractivity contribution in [3.8, 4) is 0 Å². The van der Waals surface area contributed by atoms with Gasteiger partial charge >= 0.3 is 0 Å². The predicted molar refractivity (Wildman–Crippen MR) is 108 cm³/mol. The molecule has 0 spiro atoms. The highest BCUT2D eigenvalue weighted by atomic mass is 127. The second-order valence-electron chi connectivity index (χ2n) is 6.79. The van der Waals surface area contributed by atoms with E-state index in [1.807, 2.05) is 6.92 Å². The van der Waals surface area contributed by atoms with Crippen LogP contribution in [0.5, 0.6) is 0 Å². The molecular weight excluding hydrogens is 413 g/mol. The van der Waals surface area contributed by atoms with Gasteiger partial charge in [-0.15, -0.1) is 0 Å². The topological polar surface area (TPSA) is 44.4 Å². The van der Waals surface area contributed by atoms with Crippen molar-refractivity contribution in [2.75, 3.05) is 19.6 Å². The molecule has 1 fully saturated rings. The predicted octanol–water partition coefficient (Wildman–Crippen LogP) is 3.82. The fourth-order valence-electron chi connectivity index (χ4n) is 3.28. The lowest BCUT2D eigenvalue weighted by Gasteiger charge is -2.31. The van der Waals surface area contributed by atoms with Crippen molar-refractivity contribution >= 4 is 28.8 Å². The van der Waals surface area contributed by atoms with E-state index >= 15 is 0 Å². The van der Waals surface area contributed by atoms with Crippen LogP contribution in [0.2, 0.25) is 0 Å². The third kappa shape index (κ3) is 6.33. The number of likely N-dealkylation sites (tertiary alicyclic amines) is 1. The van der Waals surface area contributed by atoms with Crippen molar-refractivity contribution in [3.05, 3.63) is 35.4 Å². The Hall–Kier alpha value is -0.660. The maximum Gasteiger partial charge on any atom is 0.221 e. The summed E-state index contributed by atoms with van der Waals surface area (Å²) in [6, 6.07) is 8.76. The summed E-state index contributed by atoms with van der Waals surface area (Å²) < 4.78 is 2.97. The number of carbonyl (C=O) groups excluding carboxylic acids is 1. The molecule has 1 aromatic carbocycles. The third-order valence-electron chi connectivity index (χ3n) is 4.99. The minimum absolute atomic E-state index is 0.0565. The number of carbonyl (C=O) groups is 1. The van der Waals surface area contributed by atoms with Crippen LogP contribution in [0.3, 0.4) is 0 Å². The minimum atomic E-state index is 0.0565. The number of amides is 1. The molecule has 1 amide bonds. The summed E-state index contributed by atoms with van der Waals surface area (Å²) in [6.45, 7) is 8.53. The zero-order valence-corrected chi connectivity index (χ0v) is 17.0. The number of halogens is 1. The third-order valence-corrected chi connectivity index (χ3v) is 5.53. The molecule has 1 aliphatic rings. The Labute approximate surface area is 160 Å². The molecule has 1 saturated heterocycles. The van der Waals surface area contributed by atoms with Gasteiger partial charge in [0.05, 0.1) is 6.04 Å². The molecule has 1 atom stereocenters. The lowest BCUT2D eigenvalue weighted by molar-refractivity contribution is -0.121. The van der Waals surface area contributed by atoms with Gasteiger partial charge in [-0.3, -0.25) is 13.2 Å². The van der Waals surface area contributed by atoms with Gasteiger partial charge in [-0.05, 0) is 49.9 Å². The van der Waals surface area contributed by atoms with E-state index in [2.05, 4.69) is 67.8 Å². The van der Waals surface area contributed by atoms with Crippen molar-refractivity contribution < 1.29 is 4.79 Å². The highest BCUT2D eigenvalue weighted by Crippen LogP contribution is 2.22. The molecule has 1 heterocycles. The Balaban J connectivity index is 1.81. The molecule has 0 bridgehead atoms. The maximum absolute atomic E-state index is 11.8. The molecule has 0 unspecified atom stereocenters. The number of piperidine rings is 1. The van der Waals surface area contributed by atoms with Gasteiger partial charge in [-0.25, -0.2) is 0 Å². The van der Waals surface area contributed by atoms with Gasteiger partial charge in [0.2, 0.25) is 5.91 Å². The van der Waals surface area contributed by atoms with Crippen LogP contribution in [-0.2, 0) is 11.3 Å². The first kappa shape index (κ1) is 19.7. The molecule has 2 N–H and O–H groups in total. The van der Waals surface area contributed by atoms with Crippen LogP contribution in [0.4, 0.5) is 0 Å². The average molecular weight is 443 g/mol. The van der Waals surface area contributed by atoms with E-state index in [0.29, 0.717) is 13.0 Å². The van der Waals surface area contributed by atoms with Crippen LogP contribution < -0.4 is 8.85 Å². The molecule has 2 rings (SSSR count). The lowest BCUT2D eigenvalue weighted by Crippen LogP contribution is -2.33. The molecular formula is C19H30IN3O. The largest absolute Gasteiger partial charge is 0.350 e. The summed E-state index contributed by atoms with van der Waals surface area (Å²) in [4.78, 5) is 14.4. The molecule has 134 valence electrons. The van der Waals surface area contributed by atoms with Gasteiger partial charge in [0, 0.05) is 42.4 Å². The molecule has 24 heavy (non-hydrogen) atoms. The molecule has 0 aromatic heterocycles. The van der Waals surface area contributed by atoms with Crippen molar-refractivity contribution in [2.45, 2.75) is 52.1 Å². The van der Waals surface area contributed by atoms with Crippen LogP contribution in [0, 0.1) is 5.92 Å². The van der Waals surface area contributed by atoms with Crippen molar-refractivity contribution in [1.29, 1.82) is 0 Å². The standard InChI is InChI=1S/C19H30IN3O/c1-3-16-9-12-23(13-10-16)14-17-4-6-18(7-5-17)15(2)22-19(24)8-11-21-20/h4-7,15-16,21H,3,8-14H2,1-2H3,(H,22,24)/t15-/m1/s1. The average Bonchev–Trinajstić information content (AvgIpc) is 2.61. The number of hydrogen-bond donors (Lipinski definition) is 2. The Morgan fingerprint density at radius 1 is 1.29 bits per heavy atom. The molecule has 0 radical (unpaired) electrons. The van der Waals surface area contributed by atoms with E-state index in [4.69, 9.17) is 0 Å². The Bertz CT molecular complexity index is 498. The second kappa shape index (κ2) is 10.4. The van der Waals surface area contributed by atoms with Gasteiger partial charge in [0.1, 0.15) is 0 Å². The molecule has 0 saturated carbocycles. The van der Waals surface area contributed by atoms with E-state index in [1.165, 1.54) is 43.5 Å². The second-order valence-corrected chi connectivity index (χ2v) is 7.55.